The summed E-state index contributed by atoms with van der Waals surface area (Å²) in [6.45, 7) is 7.93. The van der Waals surface area contributed by atoms with Crippen LogP contribution in [0.25, 0.3) is 0 Å². The predicted molar refractivity (Wildman–Crippen MR) is 58.5 cm³/mol. The van der Waals surface area contributed by atoms with Gasteiger partial charge in [-0.1, -0.05) is 20.8 Å². The fraction of sp³-hybridized carbons (Fsp3) is 0.583. The van der Waals surface area contributed by atoms with Gasteiger partial charge in [0.25, 0.3) is 0 Å². The van der Waals surface area contributed by atoms with E-state index < -0.39 is 0 Å². The number of nitrogens with zero attached hydrogens (tertiary/aromatic N) is 1. The number of rotatable bonds is 2. The summed E-state index contributed by atoms with van der Waals surface area (Å²) in [6, 6.07) is 2.10. The van der Waals surface area contributed by atoms with E-state index in [0.717, 1.165) is 19.6 Å². The van der Waals surface area contributed by atoms with Crippen LogP contribution in [0.4, 0.5) is 0 Å². The molecule has 0 aromatic carbocycles. The third kappa shape index (κ3) is 2.32. The molecule has 2 rings (SSSR count). The monoisotopic (exact) mass is 193 g/mol. The zero-order valence-corrected chi connectivity index (χ0v) is 9.29. The lowest BCUT2D eigenvalue weighted by Crippen LogP contribution is -2.26. The van der Waals surface area contributed by atoms with E-state index in [-0.39, 0.29) is 0 Å². The SMILES string of the molecule is CC.CCc1ccncc1C1COC1. The molecule has 0 amide bonds. The van der Waals surface area contributed by atoms with Gasteiger partial charge in [0.15, 0.2) is 0 Å². The maximum atomic E-state index is 5.16. The van der Waals surface area contributed by atoms with E-state index in [1.54, 1.807) is 0 Å². The number of hydrogen-bond acceptors (Lipinski definition) is 2. The molecule has 14 heavy (non-hydrogen) atoms. The van der Waals surface area contributed by atoms with Crippen molar-refractivity contribution in [1.82, 2.24) is 4.98 Å². The van der Waals surface area contributed by atoms with E-state index in [2.05, 4.69) is 18.0 Å². The first kappa shape index (κ1) is 11.2. The third-order valence-corrected chi connectivity index (χ3v) is 2.40. The van der Waals surface area contributed by atoms with E-state index in [1.165, 1.54) is 11.1 Å². The van der Waals surface area contributed by atoms with Crippen LogP contribution in [0.1, 0.15) is 37.8 Å². The van der Waals surface area contributed by atoms with Crippen molar-refractivity contribution in [3.8, 4) is 0 Å². The molecule has 2 heteroatoms. The molecule has 0 saturated carbocycles. The van der Waals surface area contributed by atoms with Gasteiger partial charge in [0.05, 0.1) is 13.2 Å². The molecule has 1 aromatic rings. The number of aryl methyl sites for hydroxylation is 1. The van der Waals surface area contributed by atoms with Crippen molar-refractivity contribution in [1.29, 1.82) is 0 Å². The first-order valence-electron chi connectivity index (χ1n) is 5.42. The maximum Gasteiger partial charge on any atom is 0.0557 e. The van der Waals surface area contributed by atoms with E-state index in [0.29, 0.717) is 5.92 Å². The molecule has 0 N–H and O–H groups in total. The van der Waals surface area contributed by atoms with Crippen molar-refractivity contribution < 1.29 is 4.74 Å². The van der Waals surface area contributed by atoms with Gasteiger partial charge in [0, 0.05) is 18.3 Å². The number of ether oxygens (including phenoxy) is 1. The van der Waals surface area contributed by atoms with E-state index in [1.807, 2.05) is 26.2 Å². The van der Waals surface area contributed by atoms with Crippen molar-refractivity contribution in [2.24, 2.45) is 0 Å². The number of hydrogen-bond donors (Lipinski definition) is 0. The van der Waals surface area contributed by atoms with Gasteiger partial charge in [-0.3, -0.25) is 4.98 Å². The van der Waals surface area contributed by atoms with Crippen molar-refractivity contribution in [2.75, 3.05) is 13.2 Å². The normalized spacial score (nSPS) is 15.4. The van der Waals surface area contributed by atoms with Crippen LogP contribution in [0, 0.1) is 0 Å². The van der Waals surface area contributed by atoms with E-state index in [9.17, 15) is 0 Å². The fourth-order valence-corrected chi connectivity index (χ4v) is 1.54. The van der Waals surface area contributed by atoms with Gasteiger partial charge in [-0.2, -0.15) is 0 Å². The summed E-state index contributed by atoms with van der Waals surface area (Å²) >= 11 is 0. The van der Waals surface area contributed by atoms with E-state index in [4.69, 9.17) is 4.74 Å². The Hall–Kier alpha value is -0.890. The van der Waals surface area contributed by atoms with Gasteiger partial charge in [-0.15, -0.1) is 0 Å². The lowest BCUT2D eigenvalue weighted by atomic mass is 9.94. The van der Waals surface area contributed by atoms with Gasteiger partial charge < -0.3 is 4.74 Å². The molecule has 2 nitrogen and oxygen atoms in total. The first-order chi connectivity index (χ1) is 6.92. The fourth-order valence-electron chi connectivity index (χ4n) is 1.54. The molecule has 1 aliphatic rings. The summed E-state index contributed by atoms with van der Waals surface area (Å²) in [7, 11) is 0. The van der Waals surface area contributed by atoms with Crippen LogP contribution in [0.15, 0.2) is 18.5 Å². The van der Waals surface area contributed by atoms with Crippen molar-refractivity contribution >= 4 is 0 Å². The molecular formula is C12H19NO. The standard InChI is InChI=1S/C10H13NO.C2H6/c1-2-8-3-4-11-5-10(8)9-6-12-7-9;1-2/h3-5,9H,2,6-7H2,1H3;1-2H3. The molecule has 0 atom stereocenters. The minimum absolute atomic E-state index is 0.605. The molecule has 0 unspecified atom stereocenters. The lowest BCUT2D eigenvalue weighted by Gasteiger charge is -2.27. The van der Waals surface area contributed by atoms with Crippen LogP contribution >= 0.6 is 0 Å². The minimum atomic E-state index is 0.605. The average molecular weight is 193 g/mol. The summed E-state index contributed by atoms with van der Waals surface area (Å²) < 4.78 is 5.16. The van der Waals surface area contributed by atoms with Crippen LogP contribution in [0.3, 0.4) is 0 Å². The summed E-state index contributed by atoms with van der Waals surface area (Å²) in [5.74, 6) is 0.605. The highest BCUT2D eigenvalue weighted by atomic mass is 16.5. The van der Waals surface area contributed by atoms with Gasteiger partial charge in [-0.05, 0) is 23.6 Å². The van der Waals surface area contributed by atoms with Gasteiger partial charge >= 0.3 is 0 Å². The third-order valence-electron chi connectivity index (χ3n) is 2.40. The van der Waals surface area contributed by atoms with Crippen molar-refractivity contribution in [2.45, 2.75) is 33.1 Å². The molecule has 2 heterocycles. The summed E-state index contributed by atoms with van der Waals surface area (Å²) in [5, 5.41) is 0. The zero-order valence-electron chi connectivity index (χ0n) is 9.29. The molecule has 0 spiro atoms. The Bertz CT molecular complexity index is 269. The molecular weight excluding hydrogens is 174 g/mol. The Morgan fingerprint density at radius 1 is 1.43 bits per heavy atom. The first-order valence-corrected chi connectivity index (χ1v) is 5.42. The highest BCUT2D eigenvalue weighted by Gasteiger charge is 2.22. The predicted octanol–water partition coefficient (Wildman–Crippen LogP) is 2.78. The summed E-state index contributed by atoms with van der Waals surface area (Å²) in [4.78, 5) is 4.14. The molecule has 0 aliphatic carbocycles. The minimum Gasteiger partial charge on any atom is -0.380 e. The highest BCUT2D eigenvalue weighted by Crippen LogP contribution is 2.26. The Balaban J connectivity index is 0.000000461. The number of aromatic nitrogens is 1. The Kier molecular flexibility index (Phi) is 4.60. The molecule has 1 fully saturated rings. The Morgan fingerprint density at radius 3 is 2.64 bits per heavy atom. The zero-order chi connectivity index (χ0) is 10.4. The second-order valence-electron chi connectivity index (χ2n) is 3.16. The molecule has 1 aromatic heterocycles. The van der Waals surface area contributed by atoms with Crippen LogP contribution < -0.4 is 0 Å². The molecule has 0 radical (unpaired) electrons. The number of pyridine rings is 1. The quantitative estimate of drug-likeness (QED) is 0.720. The summed E-state index contributed by atoms with van der Waals surface area (Å²) in [6.07, 6.45) is 4.93. The molecule has 0 bridgehead atoms. The van der Waals surface area contributed by atoms with Crippen LogP contribution in [-0.2, 0) is 11.2 Å². The van der Waals surface area contributed by atoms with Gasteiger partial charge in [0.2, 0.25) is 0 Å². The van der Waals surface area contributed by atoms with Crippen molar-refractivity contribution in [3.05, 3.63) is 29.6 Å². The second-order valence-corrected chi connectivity index (χ2v) is 3.16. The van der Waals surface area contributed by atoms with Gasteiger partial charge in [-0.25, -0.2) is 0 Å². The van der Waals surface area contributed by atoms with Gasteiger partial charge in [0.1, 0.15) is 0 Å². The summed E-state index contributed by atoms with van der Waals surface area (Å²) in [5.41, 5.74) is 2.80. The van der Waals surface area contributed by atoms with Crippen molar-refractivity contribution in [3.63, 3.8) is 0 Å². The van der Waals surface area contributed by atoms with Crippen LogP contribution in [0.2, 0.25) is 0 Å². The lowest BCUT2D eigenvalue weighted by molar-refractivity contribution is 0.00796. The smallest absolute Gasteiger partial charge is 0.0557 e. The topological polar surface area (TPSA) is 22.1 Å². The van der Waals surface area contributed by atoms with E-state index >= 15 is 0 Å². The Morgan fingerprint density at radius 2 is 2.14 bits per heavy atom. The average Bonchev–Trinajstić information content (AvgIpc) is 2.19. The van der Waals surface area contributed by atoms with Crippen LogP contribution in [-0.4, -0.2) is 18.2 Å². The maximum absolute atomic E-state index is 5.16. The Labute approximate surface area is 86.3 Å². The molecule has 1 saturated heterocycles. The van der Waals surface area contributed by atoms with Crippen LogP contribution in [0.5, 0.6) is 0 Å². The second kappa shape index (κ2) is 5.76. The highest BCUT2D eigenvalue weighted by molar-refractivity contribution is 5.28. The molecule has 78 valence electrons. The largest absolute Gasteiger partial charge is 0.380 e. The molecule has 1 aliphatic heterocycles.